The highest BCUT2D eigenvalue weighted by atomic mass is 19.4. The summed E-state index contributed by atoms with van der Waals surface area (Å²) >= 11 is 0. The first kappa shape index (κ1) is 23.4. The number of para-hydroxylation sites is 1. The van der Waals surface area contributed by atoms with Crippen LogP contribution in [0.5, 0.6) is 0 Å². The molecule has 1 aliphatic heterocycles. The SMILES string of the molecule is CN1C(=O)C=C[C@]2(C)[C@H]3CC[C@]4(C)[C@@H](C(=O)Nc5ccccc5C(F)(F)F)CC[C@H]4[C@@H]3CC[C@@H]12. The molecule has 0 radical (unpaired) electrons. The molecule has 1 aromatic carbocycles. The molecule has 2 amide bonds. The van der Waals surface area contributed by atoms with E-state index < -0.39 is 11.7 Å². The first-order chi connectivity index (χ1) is 16.0. The number of nitrogens with one attached hydrogen (secondary N) is 1. The quantitative estimate of drug-likeness (QED) is 0.580. The zero-order chi connectivity index (χ0) is 24.5. The molecule has 3 aliphatic carbocycles. The Labute approximate surface area is 199 Å². The lowest BCUT2D eigenvalue weighted by atomic mass is 9.47. The van der Waals surface area contributed by atoms with Crippen LogP contribution in [0.3, 0.4) is 0 Å². The second-order valence-electron chi connectivity index (χ2n) is 11.3. The van der Waals surface area contributed by atoms with Crippen LogP contribution in [-0.4, -0.2) is 29.8 Å². The fourth-order valence-electron chi connectivity index (χ4n) is 8.23. The number of carbonyl (C=O) groups is 2. The zero-order valence-corrected chi connectivity index (χ0v) is 20.0. The van der Waals surface area contributed by atoms with Crippen molar-refractivity contribution in [1.82, 2.24) is 4.90 Å². The van der Waals surface area contributed by atoms with E-state index in [2.05, 4.69) is 25.2 Å². The second kappa shape index (κ2) is 7.85. The number of benzene rings is 1. The standard InChI is InChI=1S/C27H33F3N2O2/c1-25-14-12-18-16(8-11-22-26(18,2)15-13-23(33)32(22)3)17(25)9-10-20(25)24(34)31-21-7-5-4-6-19(21)27(28,29)30/h4-7,13,15-18,20,22H,8-12,14H2,1-3H3,(H,31,34)/t16-,17-,18-,20+,22+,25-,26+/m0/s1. The summed E-state index contributed by atoms with van der Waals surface area (Å²) in [6.45, 7) is 4.46. The minimum absolute atomic E-state index is 0.0679. The summed E-state index contributed by atoms with van der Waals surface area (Å²) < 4.78 is 40.3. The van der Waals surface area contributed by atoms with Crippen molar-refractivity contribution in [1.29, 1.82) is 0 Å². The van der Waals surface area contributed by atoms with Crippen molar-refractivity contribution in [2.45, 2.75) is 64.6 Å². The number of alkyl halides is 3. The van der Waals surface area contributed by atoms with Gasteiger partial charge in [-0.1, -0.05) is 32.1 Å². The van der Waals surface area contributed by atoms with E-state index in [4.69, 9.17) is 0 Å². The zero-order valence-electron chi connectivity index (χ0n) is 20.0. The lowest BCUT2D eigenvalue weighted by Gasteiger charge is -2.60. The number of anilines is 1. The third-order valence-electron chi connectivity index (χ3n) is 9.93. The van der Waals surface area contributed by atoms with Crippen molar-refractivity contribution in [2.75, 3.05) is 12.4 Å². The Morgan fingerprint density at radius 2 is 1.79 bits per heavy atom. The number of hydrogen-bond acceptors (Lipinski definition) is 2. The summed E-state index contributed by atoms with van der Waals surface area (Å²) in [5, 5.41) is 2.64. The lowest BCUT2D eigenvalue weighted by molar-refractivity contribution is -0.141. The van der Waals surface area contributed by atoms with Gasteiger partial charge in [0.25, 0.3) is 0 Å². The van der Waals surface area contributed by atoms with Crippen LogP contribution < -0.4 is 5.32 Å². The van der Waals surface area contributed by atoms with Gasteiger partial charge in [-0.15, -0.1) is 0 Å². The Bertz CT molecular complexity index is 1040. The van der Waals surface area contributed by atoms with E-state index >= 15 is 0 Å². The van der Waals surface area contributed by atoms with Crippen LogP contribution in [-0.2, 0) is 15.8 Å². The molecule has 1 aromatic rings. The van der Waals surface area contributed by atoms with Gasteiger partial charge in [0.15, 0.2) is 0 Å². The second-order valence-corrected chi connectivity index (χ2v) is 11.3. The normalized spacial score (nSPS) is 39.3. The van der Waals surface area contributed by atoms with Gasteiger partial charge in [0.2, 0.25) is 11.8 Å². The molecule has 0 aromatic heterocycles. The minimum Gasteiger partial charge on any atom is -0.338 e. The summed E-state index contributed by atoms with van der Waals surface area (Å²) in [6, 6.07) is 5.41. The fourth-order valence-corrected chi connectivity index (χ4v) is 8.23. The van der Waals surface area contributed by atoms with Gasteiger partial charge >= 0.3 is 6.18 Å². The molecule has 34 heavy (non-hydrogen) atoms. The lowest BCUT2D eigenvalue weighted by Crippen LogP contribution is -2.59. The van der Waals surface area contributed by atoms with Gasteiger partial charge in [0.05, 0.1) is 11.3 Å². The van der Waals surface area contributed by atoms with Gasteiger partial charge in [-0.3, -0.25) is 9.59 Å². The molecule has 4 aliphatic rings. The van der Waals surface area contributed by atoms with Crippen molar-refractivity contribution in [3.63, 3.8) is 0 Å². The largest absolute Gasteiger partial charge is 0.418 e. The molecule has 184 valence electrons. The molecule has 5 rings (SSSR count). The Morgan fingerprint density at radius 1 is 1.06 bits per heavy atom. The average molecular weight is 475 g/mol. The number of rotatable bonds is 2. The molecule has 1 N–H and O–H groups in total. The number of fused-ring (bicyclic) bond motifs is 5. The Morgan fingerprint density at radius 3 is 2.53 bits per heavy atom. The van der Waals surface area contributed by atoms with Crippen LogP contribution in [0, 0.1) is 34.5 Å². The van der Waals surface area contributed by atoms with Crippen molar-refractivity contribution in [3.8, 4) is 0 Å². The van der Waals surface area contributed by atoms with Gasteiger partial charge < -0.3 is 10.2 Å². The fraction of sp³-hybridized carbons (Fsp3) is 0.630. The highest BCUT2D eigenvalue weighted by Gasteiger charge is 2.61. The summed E-state index contributed by atoms with van der Waals surface area (Å²) in [6.07, 6.45) is 4.80. The van der Waals surface area contributed by atoms with Crippen LogP contribution in [0.15, 0.2) is 36.4 Å². The van der Waals surface area contributed by atoms with Crippen LogP contribution in [0.25, 0.3) is 0 Å². The predicted octanol–water partition coefficient (Wildman–Crippen LogP) is 5.90. The number of carbonyl (C=O) groups excluding carboxylic acids is 2. The Balaban J connectivity index is 1.38. The number of hydrogen-bond donors (Lipinski definition) is 1. The van der Waals surface area contributed by atoms with Crippen LogP contribution in [0.1, 0.15) is 57.9 Å². The minimum atomic E-state index is -4.51. The van der Waals surface area contributed by atoms with Gasteiger partial charge in [-0.05, 0) is 79.9 Å². The maximum absolute atomic E-state index is 13.4. The number of halogens is 3. The summed E-state index contributed by atoms with van der Waals surface area (Å²) in [5.41, 5.74) is -1.25. The molecule has 7 heteroatoms. The summed E-state index contributed by atoms with van der Waals surface area (Å²) in [7, 11) is 1.90. The van der Waals surface area contributed by atoms with E-state index in [1.165, 1.54) is 18.2 Å². The third-order valence-corrected chi connectivity index (χ3v) is 9.93. The van der Waals surface area contributed by atoms with Crippen molar-refractivity contribution in [2.24, 2.45) is 34.5 Å². The molecule has 4 nitrogen and oxygen atoms in total. The molecular weight excluding hydrogens is 441 g/mol. The van der Waals surface area contributed by atoms with E-state index in [9.17, 15) is 22.8 Å². The van der Waals surface area contributed by atoms with Gasteiger partial charge in [0, 0.05) is 24.4 Å². The van der Waals surface area contributed by atoms with Crippen molar-refractivity contribution >= 4 is 17.5 Å². The maximum atomic E-state index is 13.4. The van der Waals surface area contributed by atoms with Crippen LogP contribution in [0.4, 0.5) is 18.9 Å². The predicted molar refractivity (Wildman–Crippen MR) is 124 cm³/mol. The topological polar surface area (TPSA) is 49.4 Å². The summed E-state index contributed by atoms with van der Waals surface area (Å²) in [4.78, 5) is 27.5. The van der Waals surface area contributed by atoms with Gasteiger partial charge in [-0.2, -0.15) is 13.2 Å². The molecule has 7 atom stereocenters. The van der Waals surface area contributed by atoms with E-state index in [1.54, 1.807) is 6.08 Å². The molecule has 0 spiro atoms. The Kier molecular flexibility index (Phi) is 5.41. The number of likely N-dealkylation sites (N-methyl/N-ethyl adjacent to an activating group) is 1. The molecule has 0 unspecified atom stereocenters. The molecule has 0 saturated heterocycles. The molecule has 3 saturated carbocycles. The molecule has 0 bridgehead atoms. The van der Waals surface area contributed by atoms with Crippen LogP contribution in [0.2, 0.25) is 0 Å². The monoisotopic (exact) mass is 474 g/mol. The highest BCUT2D eigenvalue weighted by molar-refractivity contribution is 5.94. The average Bonchev–Trinajstić information content (AvgIpc) is 3.13. The first-order valence-corrected chi connectivity index (χ1v) is 12.4. The number of nitrogens with zero attached hydrogens (tertiary/aromatic N) is 1. The van der Waals surface area contributed by atoms with Crippen molar-refractivity contribution < 1.29 is 22.8 Å². The number of amides is 2. The first-order valence-electron chi connectivity index (χ1n) is 12.4. The third kappa shape index (κ3) is 3.41. The Hall–Kier alpha value is -2.31. The maximum Gasteiger partial charge on any atom is 0.418 e. The van der Waals surface area contributed by atoms with Gasteiger partial charge in [0.1, 0.15) is 0 Å². The van der Waals surface area contributed by atoms with E-state index in [1.807, 2.05) is 11.9 Å². The van der Waals surface area contributed by atoms with Crippen LogP contribution >= 0.6 is 0 Å². The van der Waals surface area contributed by atoms with E-state index in [-0.39, 0.29) is 40.3 Å². The van der Waals surface area contributed by atoms with E-state index in [0.717, 1.165) is 38.2 Å². The van der Waals surface area contributed by atoms with E-state index in [0.29, 0.717) is 24.2 Å². The summed E-state index contributed by atoms with van der Waals surface area (Å²) in [5.74, 6) is 0.766. The molecule has 3 fully saturated rings. The molecule has 1 heterocycles. The molecular formula is C27H33F3N2O2. The van der Waals surface area contributed by atoms with Gasteiger partial charge in [-0.25, -0.2) is 0 Å². The van der Waals surface area contributed by atoms with Crippen molar-refractivity contribution in [3.05, 3.63) is 42.0 Å². The smallest absolute Gasteiger partial charge is 0.338 e. The highest BCUT2D eigenvalue weighted by Crippen LogP contribution is 2.65.